The molecule has 1 fully saturated rings. The molecule has 108 valence electrons. The van der Waals surface area contributed by atoms with Crippen molar-refractivity contribution in [1.29, 1.82) is 0 Å². The molecule has 19 heavy (non-hydrogen) atoms. The number of halogens is 3. The molecule has 0 aromatic carbocycles. The zero-order valence-electron chi connectivity index (χ0n) is 10.0. The van der Waals surface area contributed by atoms with Crippen LogP contribution in [0, 0.1) is 5.92 Å². The molecule has 0 aliphatic heterocycles. The highest BCUT2D eigenvalue weighted by Gasteiger charge is 2.24. The van der Waals surface area contributed by atoms with Gasteiger partial charge in [-0.1, -0.05) is 45.6 Å². The molecule has 2 unspecified atom stereocenters. The molecule has 0 amide bonds. The molecule has 0 radical (unpaired) electrons. The van der Waals surface area contributed by atoms with E-state index in [0.29, 0.717) is 21.6 Å². The molecule has 3 nitrogen and oxygen atoms in total. The standard InChI is InChI=1S/C11H14BrCl2NO2S2/c12-8-3-1-2-7(4-8)6-15-19(16,17)9-5-10(13)18-11(9)14/h5,7-8,15H,1-4,6H2. The molecule has 8 heteroatoms. The fourth-order valence-electron chi connectivity index (χ4n) is 2.22. The van der Waals surface area contributed by atoms with E-state index in [4.69, 9.17) is 23.2 Å². The molecular formula is C11H14BrCl2NO2S2. The second-order valence-electron chi connectivity index (χ2n) is 4.67. The highest BCUT2D eigenvalue weighted by molar-refractivity contribution is 9.09. The Morgan fingerprint density at radius 3 is 2.74 bits per heavy atom. The first-order valence-corrected chi connectivity index (χ1v) is 9.94. The summed E-state index contributed by atoms with van der Waals surface area (Å²) in [5.74, 6) is 0.376. The maximum absolute atomic E-state index is 12.1. The van der Waals surface area contributed by atoms with Gasteiger partial charge in [0.25, 0.3) is 0 Å². The van der Waals surface area contributed by atoms with Gasteiger partial charge >= 0.3 is 0 Å². The lowest BCUT2D eigenvalue weighted by Gasteiger charge is -2.25. The summed E-state index contributed by atoms with van der Waals surface area (Å²) in [6.07, 6.45) is 4.35. The summed E-state index contributed by atoms with van der Waals surface area (Å²) >= 11 is 16.3. The highest BCUT2D eigenvalue weighted by Crippen LogP contribution is 2.34. The van der Waals surface area contributed by atoms with Crippen LogP contribution in [0.3, 0.4) is 0 Å². The van der Waals surface area contributed by atoms with Crippen molar-refractivity contribution in [2.24, 2.45) is 5.92 Å². The average Bonchev–Trinajstić information content (AvgIpc) is 2.67. The number of rotatable bonds is 4. The molecule has 1 aromatic rings. The van der Waals surface area contributed by atoms with Gasteiger partial charge in [0, 0.05) is 11.4 Å². The van der Waals surface area contributed by atoms with E-state index >= 15 is 0 Å². The normalized spacial score (nSPS) is 24.6. The van der Waals surface area contributed by atoms with E-state index in [1.807, 2.05) is 0 Å². The Hall–Kier alpha value is 0.670. The third-order valence-electron chi connectivity index (χ3n) is 3.20. The highest BCUT2D eigenvalue weighted by atomic mass is 79.9. The Kier molecular flexibility index (Phi) is 5.59. The van der Waals surface area contributed by atoms with Crippen molar-refractivity contribution in [1.82, 2.24) is 4.72 Å². The van der Waals surface area contributed by atoms with Gasteiger partial charge in [0.1, 0.15) is 9.23 Å². The van der Waals surface area contributed by atoms with Gasteiger partial charge < -0.3 is 0 Å². The SMILES string of the molecule is O=S(=O)(NCC1CCCC(Br)C1)c1cc(Cl)sc1Cl. The number of hydrogen-bond donors (Lipinski definition) is 1. The van der Waals surface area contributed by atoms with Crippen LogP contribution in [0.2, 0.25) is 8.67 Å². The van der Waals surface area contributed by atoms with Crippen LogP contribution >= 0.6 is 50.5 Å². The average molecular weight is 407 g/mol. The maximum atomic E-state index is 12.1. The molecule has 2 atom stereocenters. The van der Waals surface area contributed by atoms with Gasteiger partial charge in [-0.25, -0.2) is 13.1 Å². The topological polar surface area (TPSA) is 46.2 Å². The Balaban J connectivity index is 2.00. The van der Waals surface area contributed by atoms with Crippen molar-refractivity contribution in [3.8, 4) is 0 Å². The molecule has 2 rings (SSSR count). The van der Waals surface area contributed by atoms with Gasteiger partial charge in [0.2, 0.25) is 10.0 Å². The molecule has 1 aliphatic rings. The lowest BCUT2D eigenvalue weighted by molar-refractivity contribution is 0.368. The zero-order valence-corrected chi connectivity index (χ0v) is 14.8. The first-order valence-electron chi connectivity index (χ1n) is 5.97. The van der Waals surface area contributed by atoms with Gasteiger partial charge in [0.15, 0.2) is 0 Å². The zero-order chi connectivity index (χ0) is 14.0. The second-order valence-corrected chi connectivity index (χ2v) is 9.99. The molecule has 0 saturated heterocycles. The third-order valence-corrected chi connectivity index (χ3v) is 7.20. The summed E-state index contributed by atoms with van der Waals surface area (Å²) in [5, 5.41) is 0. The van der Waals surface area contributed by atoms with E-state index in [1.54, 1.807) is 0 Å². The molecule has 1 N–H and O–H groups in total. The minimum atomic E-state index is -3.56. The minimum Gasteiger partial charge on any atom is -0.211 e. The van der Waals surface area contributed by atoms with Gasteiger partial charge in [-0.15, -0.1) is 11.3 Å². The summed E-state index contributed by atoms with van der Waals surface area (Å²) in [6.45, 7) is 0.453. The Morgan fingerprint density at radius 1 is 1.42 bits per heavy atom. The number of alkyl halides is 1. The monoisotopic (exact) mass is 405 g/mol. The van der Waals surface area contributed by atoms with Crippen LogP contribution < -0.4 is 4.72 Å². The molecule has 1 saturated carbocycles. The number of thiophene rings is 1. The van der Waals surface area contributed by atoms with Crippen LogP contribution in [-0.2, 0) is 10.0 Å². The van der Waals surface area contributed by atoms with Crippen LogP contribution in [-0.4, -0.2) is 19.8 Å². The Bertz CT molecular complexity index is 547. The van der Waals surface area contributed by atoms with Crippen LogP contribution in [0.4, 0.5) is 0 Å². The Morgan fingerprint density at radius 2 is 2.16 bits per heavy atom. The fraction of sp³-hybridized carbons (Fsp3) is 0.636. The van der Waals surface area contributed by atoms with Gasteiger partial charge in [-0.05, 0) is 31.2 Å². The van der Waals surface area contributed by atoms with Crippen LogP contribution in [0.15, 0.2) is 11.0 Å². The first-order chi connectivity index (χ1) is 8.88. The smallest absolute Gasteiger partial charge is 0.211 e. The van der Waals surface area contributed by atoms with Crippen molar-refractivity contribution >= 4 is 60.5 Å². The van der Waals surface area contributed by atoms with E-state index < -0.39 is 10.0 Å². The molecule has 0 spiro atoms. The third kappa shape index (κ3) is 4.32. The van der Waals surface area contributed by atoms with Crippen LogP contribution in [0.5, 0.6) is 0 Å². The predicted molar refractivity (Wildman–Crippen MR) is 84.2 cm³/mol. The van der Waals surface area contributed by atoms with Crippen LogP contribution in [0.1, 0.15) is 25.7 Å². The van der Waals surface area contributed by atoms with Crippen molar-refractivity contribution in [2.45, 2.75) is 35.4 Å². The quantitative estimate of drug-likeness (QED) is 0.758. The second kappa shape index (κ2) is 6.62. The lowest BCUT2D eigenvalue weighted by atomic mass is 9.89. The number of sulfonamides is 1. The molecule has 0 bridgehead atoms. The first kappa shape index (κ1) is 16.0. The summed E-state index contributed by atoms with van der Waals surface area (Å²) in [7, 11) is -3.56. The molecule has 1 aromatic heterocycles. The molecular weight excluding hydrogens is 393 g/mol. The van der Waals surface area contributed by atoms with Crippen molar-refractivity contribution in [3.05, 3.63) is 14.7 Å². The van der Waals surface area contributed by atoms with Crippen molar-refractivity contribution in [2.75, 3.05) is 6.54 Å². The van der Waals surface area contributed by atoms with Gasteiger partial charge in [-0.2, -0.15) is 0 Å². The minimum absolute atomic E-state index is 0.0790. The van der Waals surface area contributed by atoms with Gasteiger partial charge in [-0.3, -0.25) is 0 Å². The summed E-state index contributed by atoms with van der Waals surface area (Å²) in [6, 6.07) is 1.39. The molecule has 1 aliphatic carbocycles. The van der Waals surface area contributed by atoms with E-state index in [2.05, 4.69) is 20.7 Å². The van der Waals surface area contributed by atoms with Gasteiger partial charge in [0.05, 0.1) is 4.34 Å². The van der Waals surface area contributed by atoms with Crippen LogP contribution in [0.25, 0.3) is 0 Å². The van der Waals surface area contributed by atoms with E-state index in [0.717, 1.165) is 37.0 Å². The van der Waals surface area contributed by atoms with Crippen molar-refractivity contribution in [3.63, 3.8) is 0 Å². The van der Waals surface area contributed by atoms with E-state index in [-0.39, 0.29) is 9.23 Å². The largest absolute Gasteiger partial charge is 0.242 e. The lowest BCUT2D eigenvalue weighted by Crippen LogP contribution is -2.31. The van der Waals surface area contributed by atoms with E-state index in [1.165, 1.54) is 6.07 Å². The summed E-state index contributed by atoms with van der Waals surface area (Å²) < 4.78 is 27.5. The molecule has 1 heterocycles. The number of nitrogens with one attached hydrogen (secondary N) is 1. The summed E-state index contributed by atoms with van der Waals surface area (Å²) in [5.41, 5.74) is 0. The van der Waals surface area contributed by atoms with E-state index in [9.17, 15) is 8.42 Å². The maximum Gasteiger partial charge on any atom is 0.242 e. The fourth-order valence-corrected chi connectivity index (χ4v) is 6.34. The predicted octanol–water partition coefficient (Wildman–Crippen LogP) is 4.29. The number of hydrogen-bond acceptors (Lipinski definition) is 3. The Labute approximate surface area is 135 Å². The van der Waals surface area contributed by atoms with Crippen molar-refractivity contribution < 1.29 is 8.42 Å². The summed E-state index contributed by atoms with van der Waals surface area (Å²) in [4.78, 5) is 0.574.